The first-order chi connectivity index (χ1) is 6.24. The van der Waals surface area contributed by atoms with E-state index in [1.807, 2.05) is 7.05 Å². The van der Waals surface area contributed by atoms with Crippen LogP contribution >= 0.6 is 15.9 Å². The van der Waals surface area contributed by atoms with Crippen molar-refractivity contribution >= 4 is 21.9 Å². The van der Waals surface area contributed by atoms with Gasteiger partial charge in [0.05, 0.1) is 0 Å². The second kappa shape index (κ2) is 5.27. The predicted octanol–water partition coefficient (Wildman–Crippen LogP) is 1.57. The highest BCUT2D eigenvalue weighted by Crippen LogP contribution is 2.07. The van der Waals surface area contributed by atoms with Crippen LogP contribution in [0.25, 0.3) is 0 Å². The Balaban J connectivity index is 2.38. The second-order valence-corrected chi connectivity index (χ2v) is 4.23. The summed E-state index contributed by atoms with van der Waals surface area (Å²) in [5.41, 5.74) is 0. The summed E-state index contributed by atoms with van der Waals surface area (Å²) in [6, 6.07) is 0. The summed E-state index contributed by atoms with van der Waals surface area (Å²) >= 11 is 3.31. The van der Waals surface area contributed by atoms with Gasteiger partial charge in [-0.1, -0.05) is 22.5 Å². The van der Waals surface area contributed by atoms with E-state index >= 15 is 0 Å². The van der Waals surface area contributed by atoms with E-state index < -0.39 is 0 Å². The molecule has 4 heteroatoms. The van der Waals surface area contributed by atoms with Crippen LogP contribution in [0.3, 0.4) is 0 Å². The number of hydrogen-bond donors (Lipinski definition) is 1. The third-order valence-corrected chi connectivity index (χ3v) is 2.34. The van der Waals surface area contributed by atoms with Gasteiger partial charge in [-0.2, -0.15) is 0 Å². The highest BCUT2D eigenvalue weighted by molar-refractivity contribution is 9.11. The molecule has 0 aromatic rings. The quantitative estimate of drug-likeness (QED) is 0.591. The monoisotopic (exact) mass is 245 g/mol. The fraction of sp³-hybridized carbons (Fsp3) is 0.667. The molecule has 1 rings (SSSR count). The van der Waals surface area contributed by atoms with Crippen LogP contribution < -0.4 is 5.32 Å². The summed E-state index contributed by atoms with van der Waals surface area (Å²) < 4.78 is 0.952. The summed E-state index contributed by atoms with van der Waals surface area (Å²) in [7, 11) is 1.82. The van der Waals surface area contributed by atoms with Crippen molar-refractivity contribution in [3.8, 4) is 0 Å². The molecule has 1 N–H and O–H groups in total. The normalized spacial score (nSPS) is 17.7. The summed E-state index contributed by atoms with van der Waals surface area (Å²) in [5.74, 6) is 0.984. The van der Waals surface area contributed by atoms with Gasteiger partial charge >= 0.3 is 0 Å². The van der Waals surface area contributed by atoms with Crippen LogP contribution in [0.1, 0.15) is 12.8 Å². The van der Waals surface area contributed by atoms with Crippen LogP contribution in [-0.2, 0) is 0 Å². The van der Waals surface area contributed by atoms with Gasteiger partial charge in [-0.25, -0.2) is 0 Å². The molecule has 1 aliphatic rings. The average molecular weight is 246 g/mol. The highest BCUT2D eigenvalue weighted by atomic mass is 79.9. The van der Waals surface area contributed by atoms with Crippen molar-refractivity contribution in [1.82, 2.24) is 10.2 Å². The van der Waals surface area contributed by atoms with E-state index in [4.69, 9.17) is 0 Å². The van der Waals surface area contributed by atoms with E-state index in [9.17, 15) is 0 Å². The molecule has 0 amide bonds. The molecule has 74 valence electrons. The third-order valence-electron chi connectivity index (χ3n) is 2.06. The summed E-state index contributed by atoms with van der Waals surface area (Å²) in [6.07, 6.45) is 2.55. The molecule has 0 aliphatic carbocycles. The highest BCUT2D eigenvalue weighted by Gasteiger charge is 2.14. The number of nitrogens with one attached hydrogen (secondary N) is 1. The number of likely N-dealkylation sites (tertiary alicyclic amines) is 1. The van der Waals surface area contributed by atoms with Gasteiger partial charge in [0.2, 0.25) is 0 Å². The number of halogens is 1. The van der Waals surface area contributed by atoms with Crippen molar-refractivity contribution in [3.05, 3.63) is 11.1 Å². The Morgan fingerprint density at radius 3 is 2.62 bits per heavy atom. The fourth-order valence-corrected chi connectivity index (χ4v) is 1.58. The topological polar surface area (TPSA) is 27.6 Å². The first kappa shape index (κ1) is 10.6. The van der Waals surface area contributed by atoms with Gasteiger partial charge in [-0.15, -0.1) is 0 Å². The molecule has 13 heavy (non-hydrogen) atoms. The number of hydrogen-bond acceptors (Lipinski definition) is 1. The second-order valence-electron chi connectivity index (χ2n) is 3.11. The van der Waals surface area contributed by atoms with E-state index in [0.717, 1.165) is 30.1 Å². The van der Waals surface area contributed by atoms with Crippen molar-refractivity contribution in [2.24, 2.45) is 4.99 Å². The zero-order chi connectivity index (χ0) is 9.68. The molecule has 0 atom stereocenters. The zero-order valence-corrected chi connectivity index (χ0v) is 9.60. The molecular weight excluding hydrogens is 230 g/mol. The Labute approximate surface area is 88.0 Å². The van der Waals surface area contributed by atoms with Crippen molar-refractivity contribution < 1.29 is 0 Å². The molecule has 0 unspecified atom stereocenters. The Hall–Kier alpha value is -0.510. The van der Waals surface area contributed by atoms with Crippen LogP contribution in [0.15, 0.2) is 16.1 Å². The molecule has 0 radical (unpaired) electrons. The lowest BCUT2D eigenvalue weighted by Gasteiger charge is -2.20. The lowest BCUT2D eigenvalue weighted by Crippen LogP contribution is -2.39. The molecular formula is C9H16BrN3. The molecule has 0 saturated carbocycles. The SMILES string of the molecule is C=C(Br)CNC(=NC)N1CCCC1. The van der Waals surface area contributed by atoms with Crippen LogP contribution in [-0.4, -0.2) is 37.5 Å². The molecule has 1 heterocycles. The molecule has 0 aromatic carbocycles. The van der Waals surface area contributed by atoms with Crippen molar-refractivity contribution in [3.63, 3.8) is 0 Å². The predicted molar refractivity (Wildman–Crippen MR) is 60.2 cm³/mol. The minimum absolute atomic E-state index is 0.739. The number of guanidine groups is 1. The number of nitrogens with zero attached hydrogens (tertiary/aromatic N) is 2. The van der Waals surface area contributed by atoms with Crippen LogP contribution in [0.4, 0.5) is 0 Å². The molecule has 1 aliphatic heterocycles. The van der Waals surface area contributed by atoms with Gasteiger partial charge in [0.1, 0.15) is 0 Å². The van der Waals surface area contributed by atoms with E-state index in [1.165, 1.54) is 12.8 Å². The fourth-order valence-electron chi connectivity index (χ4n) is 1.44. The third kappa shape index (κ3) is 3.38. The molecule has 0 spiro atoms. The van der Waals surface area contributed by atoms with Gasteiger partial charge in [-0.05, 0) is 12.8 Å². The van der Waals surface area contributed by atoms with Crippen LogP contribution in [0.5, 0.6) is 0 Å². The van der Waals surface area contributed by atoms with Crippen LogP contribution in [0, 0.1) is 0 Å². The number of rotatable bonds is 2. The van der Waals surface area contributed by atoms with Gasteiger partial charge < -0.3 is 10.2 Å². The van der Waals surface area contributed by atoms with Gasteiger partial charge in [-0.3, -0.25) is 4.99 Å². The maximum Gasteiger partial charge on any atom is 0.193 e. The Morgan fingerprint density at radius 2 is 2.15 bits per heavy atom. The summed E-state index contributed by atoms with van der Waals surface area (Å²) in [6.45, 7) is 6.75. The van der Waals surface area contributed by atoms with Gasteiger partial charge in [0.25, 0.3) is 0 Å². The van der Waals surface area contributed by atoms with Crippen molar-refractivity contribution in [2.75, 3.05) is 26.7 Å². The summed E-state index contributed by atoms with van der Waals surface area (Å²) in [5, 5.41) is 3.24. The zero-order valence-electron chi connectivity index (χ0n) is 8.02. The maximum absolute atomic E-state index is 4.21. The van der Waals surface area contributed by atoms with Gasteiger partial charge in [0.15, 0.2) is 5.96 Å². The largest absolute Gasteiger partial charge is 0.352 e. The smallest absolute Gasteiger partial charge is 0.193 e. The molecule has 0 bridgehead atoms. The molecule has 0 aromatic heterocycles. The Bertz CT molecular complexity index is 207. The van der Waals surface area contributed by atoms with E-state index in [-0.39, 0.29) is 0 Å². The first-order valence-electron chi connectivity index (χ1n) is 4.53. The lowest BCUT2D eigenvalue weighted by molar-refractivity contribution is 0.497. The summed E-state index contributed by atoms with van der Waals surface area (Å²) in [4.78, 5) is 6.49. The van der Waals surface area contributed by atoms with E-state index in [2.05, 4.69) is 37.7 Å². The first-order valence-corrected chi connectivity index (χ1v) is 5.32. The van der Waals surface area contributed by atoms with Gasteiger partial charge in [0, 0.05) is 31.2 Å². The van der Waals surface area contributed by atoms with Crippen molar-refractivity contribution in [2.45, 2.75) is 12.8 Å². The Morgan fingerprint density at radius 1 is 1.54 bits per heavy atom. The number of aliphatic imine (C=N–C) groups is 1. The van der Waals surface area contributed by atoms with Crippen LogP contribution in [0.2, 0.25) is 0 Å². The van der Waals surface area contributed by atoms with E-state index in [1.54, 1.807) is 0 Å². The molecule has 3 nitrogen and oxygen atoms in total. The van der Waals surface area contributed by atoms with E-state index in [0.29, 0.717) is 0 Å². The lowest BCUT2D eigenvalue weighted by atomic mass is 10.4. The maximum atomic E-state index is 4.21. The minimum atomic E-state index is 0.739. The standard InChI is InChI=1S/C9H16BrN3/c1-8(10)7-12-9(11-2)13-5-3-4-6-13/h1,3-7H2,2H3,(H,11,12). The minimum Gasteiger partial charge on any atom is -0.352 e. The van der Waals surface area contributed by atoms with Crippen molar-refractivity contribution in [1.29, 1.82) is 0 Å². The molecule has 1 fully saturated rings. The Kier molecular flexibility index (Phi) is 4.28. The average Bonchev–Trinajstić information content (AvgIpc) is 2.58. The molecule has 1 saturated heterocycles.